The van der Waals surface area contributed by atoms with Gasteiger partial charge in [0.1, 0.15) is 0 Å². The van der Waals surface area contributed by atoms with E-state index in [-0.39, 0.29) is 0 Å². The van der Waals surface area contributed by atoms with E-state index >= 15 is 0 Å². The van der Waals surface area contributed by atoms with Crippen LogP contribution >= 0.6 is 27.3 Å². The zero-order valence-corrected chi connectivity index (χ0v) is 14.7. The molecule has 0 atom stereocenters. The molecule has 1 aliphatic heterocycles. The summed E-state index contributed by atoms with van der Waals surface area (Å²) in [6.45, 7) is 1.92. The monoisotopic (exact) mass is 386 g/mol. The van der Waals surface area contributed by atoms with Crippen molar-refractivity contribution in [1.29, 1.82) is 0 Å². The van der Waals surface area contributed by atoms with E-state index in [9.17, 15) is 8.42 Å². The van der Waals surface area contributed by atoms with Gasteiger partial charge in [0, 0.05) is 26.7 Å². The fourth-order valence-electron chi connectivity index (χ4n) is 2.38. The van der Waals surface area contributed by atoms with E-state index in [1.807, 2.05) is 17.5 Å². The minimum Gasteiger partial charge on any atom is -0.309 e. The standard InChI is InChI=1S/C14H15BrN2O2S2/c1-17(8-10-4-14(15)20-9-10)21(18,19)13-3-2-11-6-16-7-12(11)5-13/h2-5,9,16H,6-8H2,1H3. The second-order valence-corrected chi connectivity index (χ2v) is 9.39. The van der Waals surface area contributed by atoms with Gasteiger partial charge < -0.3 is 5.32 Å². The van der Waals surface area contributed by atoms with Crippen molar-refractivity contribution in [3.63, 3.8) is 0 Å². The Kier molecular flexibility index (Phi) is 4.20. The van der Waals surface area contributed by atoms with E-state index in [0.717, 1.165) is 28.0 Å². The summed E-state index contributed by atoms with van der Waals surface area (Å²) in [7, 11) is -1.84. The van der Waals surface area contributed by atoms with Crippen molar-refractivity contribution < 1.29 is 8.42 Å². The summed E-state index contributed by atoms with van der Waals surface area (Å²) >= 11 is 4.95. The minimum absolute atomic E-state index is 0.363. The lowest BCUT2D eigenvalue weighted by molar-refractivity contribution is 0.467. The van der Waals surface area contributed by atoms with Crippen LogP contribution in [0.5, 0.6) is 0 Å². The average molecular weight is 387 g/mol. The first-order chi connectivity index (χ1) is 9.96. The van der Waals surface area contributed by atoms with Gasteiger partial charge in [0.05, 0.1) is 8.68 Å². The molecular formula is C14H15BrN2O2S2. The predicted molar refractivity (Wildman–Crippen MR) is 87.7 cm³/mol. The number of thiophene rings is 1. The topological polar surface area (TPSA) is 49.4 Å². The van der Waals surface area contributed by atoms with Crippen molar-refractivity contribution in [2.45, 2.75) is 24.5 Å². The lowest BCUT2D eigenvalue weighted by atomic mass is 10.1. The quantitative estimate of drug-likeness (QED) is 0.878. The molecular weight excluding hydrogens is 372 g/mol. The normalized spacial score (nSPS) is 14.6. The van der Waals surface area contributed by atoms with E-state index in [2.05, 4.69) is 21.2 Å². The Labute approximate surface area is 137 Å². The number of halogens is 1. The van der Waals surface area contributed by atoms with Gasteiger partial charge in [-0.15, -0.1) is 11.3 Å². The lowest BCUT2D eigenvalue weighted by Crippen LogP contribution is -2.26. The molecule has 0 saturated heterocycles. The second-order valence-electron chi connectivity index (χ2n) is 5.05. The van der Waals surface area contributed by atoms with Crippen LogP contribution in [0.25, 0.3) is 0 Å². The fraction of sp³-hybridized carbons (Fsp3) is 0.286. The number of fused-ring (bicyclic) bond motifs is 1. The van der Waals surface area contributed by atoms with Gasteiger partial charge in [-0.2, -0.15) is 4.31 Å². The maximum atomic E-state index is 12.6. The summed E-state index contributed by atoms with van der Waals surface area (Å²) in [6.07, 6.45) is 0. The molecule has 3 rings (SSSR count). The molecule has 21 heavy (non-hydrogen) atoms. The Bertz CT molecular complexity index is 771. The van der Waals surface area contributed by atoms with Crippen molar-refractivity contribution in [1.82, 2.24) is 9.62 Å². The maximum Gasteiger partial charge on any atom is 0.243 e. The van der Waals surface area contributed by atoms with Crippen LogP contribution in [0.3, 0.4) is 0 Å². The largest absolute Gasteiger partial charge is 0.309 e. The molecule has 0 fully saturated rings. The fourth-order valence-corrected chi connectivity index (χ4v) is 4.79. The number of benzene rings is 1. The SMILES string of the molecule is CN(Cc1csc(Br)c1)S(=O)(=O)c1ccc2c(c1)CNC2. The molecule has 2 heterocycles. The second kappa shape index (κ2) is 5.81. The van der Waals surface area contributed by atoms with Gasteiger partial charge in [-0.3, -0.25) is 0 Å². The van der Waals surface area contributed by atoms with Crippen molar-refractivity contribution in [3.05, 3.63) is 50.1 Å². The molecule has 7 heteroatoms. The molecule has 0 bridgehead atoms. The highest BCUT2D eigenvalue weighted by Gasteiger charge is 2.23. The number of hydrogen-bond acceptors (Lipinski definition) is 4. The maximum absolute atomic E-state index is 12.6. The Morgan fingerprint density at radius 1 is 1.29 bits per heavy atom. The van der Waals surface area contributed by atoms with E-state index < -0.39 is 10.0 Å². The van der Waals surface area contributed by atoms with Crippen LogP contribution in [0.4, 0.5) is 0 Å². The Hall–Kier alpha value is -0.730. The number of rotatable bonds is 4. The summed E-state index contributed by atoms with van der Waals surface area (Å²) in [5, 5.41) is 5.19. The zero-order chi connectivity index (χ0) is 15.0. The highest BCUT2D eigenvalue weighted by Crippen LogP contribution is 2.25. The summed E-state index contributed by atoms with van der Waals surface area (Å²) < 4.78 is 27.7. The first kappa shape index (κ1) is 15.2. The molecule has 1 aromatic carbocycles. The molecule has 0 unspecified atom stereocenters. The summed E-state index contributed by atoms with van der Waals surface area (Å²) in [5.74, 6) is 0. The van der Waals surface area contributed by atoms with E-state index in [1.54, 1.807) is 30.5 Å². The number of hydrogen-bond donors (Lipinski definition) is 1. The molecule has 1 N–H and O–H groups in total. The summed E-state index contributed by atoms with van der Waals surface area (Å²) in [5.41, 5.74) is 3.24. The van der Waals surface area contributed by atoms with Crippen molar-refractivity contribution >= 4 is 37.3 Å². The zero-order valence-electron chi connectivity index (χ0n) is 11.5. The van der Waals surface area contributed by atoms with Crippen molar-refractivity contribution in [2.24, 2.45) is 0 Å². The van der Waals surface area contributed by atoms with Crippen LogP contribution in [0.15, 0.2) is 38.3 Å². The van der Waals surface area contributed by atoms with Crippen LogP contribution in [0, 0.1) is 0 Å². The number of nitrogens with zero attached hydrogens (tertiary/aromatic N) is 1. The van der Waals surface area contributed by atoms with E-state index in [4.69, 9.17) is 0 Å². The Morgan fingerprint density at radius 3 is 2.76 bits per heavy atom. The Balaban J connectivity index is 1.85. The molecule has 2 aromatic rings. The van der Waals surface area contributed by atoms with Gasteiger partial charge in [0.2, 0.25) is 10.0 Å². The third-order valence-electron chi connectivity index (χ3n) is 3.54. The van der Waals surface area contributed by atoms with Gasteiger partial charge in [0.25, 0.3) is 0 Å². The average Bonchev–Trinajstić information content (AvgIpc) is 3.06. The van der Waals surface area contributed by atoms with Crippen LogP contribution < -0.4 is 5.32 Å². The third kappa shape index (κ3) is 3.07. The van der Waals surface area contributed by atoms with Gasteiger partial charge in [-0.1, -0.05) is 6.07 Å². The molecule has 1 aliphatic rings. The number of sulfonamides is 1. The van der Waals surface area contributed by atoms with Crippen LogP contribution in [-0.4, -0.2) is 19.8 Å². The molecule has 1 aromatic heterocycles. The summed E-state index contributed by atoms with van der Waals surface area (Å²) in [4.78, 5) is 0.363. The van der Waals surface area contributed by atoms with Crippen molar-refractivity contribution in [2.75, 3.05) is 7.05 Å². The van der Waals surface area contributed by atoms with Crippen LogP contribution in [0.2, 0.25) is 0 Å². The van der Waals surface area contributed by atoms with Gasteiger partial charge >= 0.3 is 0 Å². The smallest absolute Gasteiger partial charge is 0.243 e. The molecule has 0 amide bonds. The van der Waals surface area contributed by atoms with Crippen molar-refractivity contribution in [3.8, 4) is 0 Å². The minimum atomic E-state index is -3.45. The molecule has 4 nitrogen and oxygen atoms in total. The van der Waals surface area contributed by atoms with Gasteiger partial charge in [0.15, 0.2) is 0 Å². The highest BCUT2D eigenvalue weighted by atomic mass is 79.9. The third-order valence-corrected chi connectivity index (χ3v) is 6.90. The molecule has 0 saturated carbocycles. The molecule has 112 valence electrons. The summed E-state index contributed by atoms with van der Waals surface area (Å²) in [6, 6.07) is 7.33. The number of nitrogens with one attached hydrogen (secondary N) is 1. The predicted octanol–water partition coefficient (Wildman–Crippen LogP) is 2.93. The van der Waals surface area contributed by atoms with Crippen LogP contribution in [-0.2, 0) is 29.7 Å². The van der Waals surface area contributed by atoms with E-state index in [0.29, 0.717) is 11.4 Å². The first-order valence-electron chi connectivity index (χ1n) is 6.48. The van der Waals surface area contributed by atoms with Gasteiger partial charge in [-0.05, 0) is 56.2 Å². The van der Waals surface area contributed by atoms with Gasteiger partial charge in [-0.25, -0.2) is 8.42 Å². The molecule has 0 spiro atoms. The van der Waals surface area contributed by atoms with Crippen LogP contribution in [0.1, 0.15) is 16.7 Å². The lowest BCUT2D eigenvalue weighted by Gasteiger charge is -2.17. The first-order valence-corrected chi connectivity index (χ1v) is 9.60. The van der Waals surface area contributed by atoms with E-state index in [1.165, 1.54) is 9.87 Å². The highest BCUT2D eigenvalue weighted by molar-refractivity contribution is 9.11. The molecule has 0 aliphatic carbocycles. The molecule has 0 radical (unpaired) electrons. The Morgan fingerprint density at radius 2 is 2.05 bits per heavy atom.